The number of para-hydroxylation sites is 2. The first-order chi connectivity index (χ1) is 16.4. The topological polar surface area (TPSA) is 18.1 Å². The largest absolute Gasteiger partial charge is 0.456 e. The second kappa shape index (κ2) is 6.25. The fraction of sp³-hybridized carbons (Fsp3) is 0. The highest BCUT2D eigenvalue weighted by Gasteiger charge is 2.19. The molecule has 0 saturated carbocycles. The summed E-state index contributed by atoms with van der Waals surface area (Å²) in [6, 6.07) is 36.9. The van der Waals surface area contributed by atoms with Crippen molar-refractivity contribution in [2.24, 2.45) is 0 Å². The highest BCUT2D eigenvalue weighted by atomic mass is 32.1. The van der Waals surface area contributed by atoms with Crippen molar-refractivity contribution in [2.45, 2.75) is 0 Å². The van der Waals surface area contributed by atoms with Crippen LogP contribution in [-0.2, 0) is 0 Å². The van der Waals surface area contributed by atoms with E-state index in [9.17, 15) is 0 Å². The van der Waals surface area contributed by atoms with Gasteiger partial charge in [-0.1, -0.05) is 54.6 Å². The molecule has 3 aromatic heterocycles. The third-order valence-corrected chi connectivity index (χ3v) is 7.95. The van der Waals surface area contributed by atoms with Gasteiger partial charge in [0.15, 0.2) is 0 Å². The molecule has 0 spiro atoms. The number of fused-ring (bicyclic) bond motifs is 10. The Morgan fingerprint density at radius 3 is 2.24 bits per heavy atom. The molecule has 154 valence electrons. The van der Waals surface area contributed by atoms with Crippen LogP contribution in [0, 0.1) is 0 Å². The highest BCUT2D eigenvalue weighted by Crippen LogP contribution is 2.42. The van der Waals surface area contributed by atoms with E-state index in [4.69, 9.17) is 4.42 Å². The monoisotopic (exact) mass is 439 g/mol. The van der Waals surface area contributed by atoms with E-state index in [1.807, 2.05) is 17.4 Å². The molecule has 8 rings (SSSR count). The first kappa shape index (κ1) is 17.5. The predicted octanol–water partition coefficient (Wildman–Crippen LogP) is 9.05. The molecule has 2 nitrogen and oxygen atoms in total. The number of thiophene rings is 1. The lowest BCUT2D eigenvalue weighted by Crippen LogP contribution is -1.93. The third-order valence-electron chi connectivity index (χ3n) is 6.79. The lowest BCUT2D eigenvalue weighted by Gasteiger charge is -2.09. The van der Waals surface area contributed by atoms with Crippen LogP contribution in [0.3, 0.4) is 0 Å². The molecule has 5 aromatic carbocycles. The summed E-state index contributed by atoms with van der Waals surface area (Å²) in [5.74, 6) is 0. The molecular weight excluding hydrogens is 422 g/mol. The van der Waals surface area contributed by atoms with E-state index < -0.39 is 0 Å². The summed E-state index contributed by atoms with van der Waals surface area (Å²) in [5, 5.41) is 7.47. The number of aromatic nitrogens is 1. The molecule has 0 N–H and O–H groups in total. The van der Waals surface area contributed by atoms with E-state index in [1.165, 1.54) is 53.1 Å². The molecule has 0 aliphatic rings. The lowest BCUT2D eigenvalue weighted by molar-refractivity contribution is 0.669. The van der Waals surface area contributed by atoms with Gasteiger partial charge in [-0.2, -0.15) is 0 Å². The first-order valence-corrected chi connectivity index (χ1v) is 11.9. The number of furan rings is 1. The minimum absolute atomic E-state index is 0.926. The van der Waals surface area contributed by atoms with Gasteiger partial charge in [0.05, 0.1) is 16.4 Å². The van der Waals surface area contributed by atoms with Gasteiger partial charge in [0.25, 0.3) is 0 Å². The fourth-order valence-electron chi connectivity index (χ4n) is 5.39. The molecule has 0 amide bonds. The van der Waals surface area contributed by atoms with Crippen molar-refractivity contribution < 1.29 is 4.42 Å². The lowest BCUT2D eigenvalue weighted by atomic mass is 10.1. The molecule has 0 radical (unpaired) electrons. The van der Waals surface area contributed by atoms with E-state index in [0.29, 0.717) is 0 Å². The number of nitrogens with zero attached hydrogens (tertiary/aromatic N) is 1. The number of hydrogen-bond acceptors (Lipinski definition) is 2. The van der Waals surface area contributed by atoms with Crippen LogP contribution in [0.1, 0.15) is 0 Å². The van der Waals surface area contributed by atoms with Crippen molar-refractivity contribution in [2.75, 3.05) is 0 Å². The van der Waals surface area contributed by atoms with E-state index in [1.54, 1.807) is 0 Å². The summed E-state index contributed by atoms with van der Waals surface area (Å²) in [4.78, 5) is 0. The smallest absolute Gasteiger partial charge is 0.137 e. The first-order valence-electron chi connectivity index (χ1n) is 11.1. The van der Waals surface area contributed by atoms with Gasteiger partial charge in [0.1, 0.15) is 11.2 Å². The predicted molar refractivity (Wildman–Crippen MR) is 141 cm³/mol. The van der Waals surface area contributed by atoms with Crippen LogP contribution in [0.2, 0.25) is 0 Å². The van der Waals surface area contributed by atoms with Crippen molar-refractivity contribution in [3.8, 4) is 5.69 Å². The van der Waals surface area contributed by atoms with Crippen molar-refractivity contribution in [3.63, 3.8) is 0 Å². The van der Waals surface area contributed by atoms with Crippen molar-refractivity contribution in [1.82, 2.24) is 4.57 Å². The quantitative estimate of drug-likeness (QED) is 0.249. The molecule has 3 heterocycles. The number of benzene rings is 5. The minimum Gasteiger partial charge on any atom is -0.456 e. The zero-order chi connectivity index (χ0) is 21.5. The molecule has 0 bridgehead atoms. The van der Waals surface area contributed by atoms with Crippen LogP contribution in [0.15, 0.2) is 108 Å². The summed E-state index contributed by atoms with van der Waals surface area (Å²) < 4.78 is 11.3. The Balaban J connectivity index is 1.60. The van der Waals surface area contributed by atoms with Gasteiger partial charge in [-0.05, 0) is 48.5 Å². The maximum absolute atomic E-state index is 6.25. The molecule has 0 saturated heterocycles. The van der Waals surface area contributed by atoms with E-state index in [2.05, 4.69) is 102 Å². The summed E-state index contributed by atoms with van der Waals surface area (Å²) in [6.45, 7) is 0. The molecule has 0 unspecified atom stereocenters. The zero-order valence-electron chi connectivity index (χ0n) is 17.6. The second-order valence-corrected chi connectivity index (χ2v) is 9.65. The van der Waals surface area contributed by atoms with Crippen molar-refractivity contribution >= 4 is 75.3 Å². The van der Waals surface area contributed by atoms with Gasteiger partial charge < -0.3 is 8.98 Å². The van der Waals surface area contributed by atoms with Gasteiger partial charge in [-0.15, -0.1) is 11.3 Å². The minimum atomic E-state index is 0.926. The van der Waals surface area contributed by atoms with Crippen molar-refractivity contribution in [3.05, 3.63) is 103 Å². The molecule has 0 aliphatic carbocycles. The Morgan fingerprint density at radius 1 is 0.545 bits per heavy atom. The van der Waals surface area contributed by atoms with E-state index in [-0.39, 0.29) is 0 Å². The molecule has 33 heavy (non-hydrogen) atoms. The fourth-order valence-corrected chi connectivity index (χ4v) is 6.47. The van der Waals surface area contributed by atoms with Gasteiger partial charge in [-0.3, -0.25) is 0 Å². The van der Waals surface area contributed by atoms with E-state index >= 15 is 0 Å². The molecule has 0 aliphatic heterocycles. The van der Waals surface area contributed by atoms with Crippen LogP contribution >= 0.6 is 11.3 Å². The van der Waals surface area contributed by atoms with Crippen LogP contribution in [-0.4, -0.2) is 4.57 Å². The average Bonchev–Trinajstić information content (AvgIpc) is 3.52. The van der Waals surface area contributed by atoms with Crippen LogP contribution in [0.25, 0.3) is 69.6 Å². The Bertz CT molecular complexity index is 2040. The summed E-state index contributed by atoms with van der Waals surface area (Å²) in [7, 11) is 0. The third kappa shape index (κ3) is 2.27. The number of rotatable bonds is 1. The zero-order valence-corrected chi connectivity index (χ0v) is 18.4. The molecule has 0 fully saturated rings. The molecule has 3 heteroatoms. The van der Waals surface area contributed by atoms with Crippen LogP contribution in [0.4, 0.5) is 0 Å². The Hall–Kier alpha value is -4.08. The SMILES string of the molecule is c1ccc2c(c1)oc1ccc3c4ccccc4n(-c4ccc5sc6ccccc6c5c4)c3c12. The summed E-state index contributed by atoms with van der Waals surface area (Å²) >= 11 is 1.86. The van der Waals surface area contributed by atoms with Crippen LogP contribution in [0.5, 0.6) is 0 Å². The molecule has 0 atom stereocenters. The van der Waals surface area contributed by atoms with Gasteiger partial charge in [0.2, 0.25) is 0 Å². The molecular formula is C30H17NOS. The standard InChI is InChI=1S/C30H17NOS/c1-4-10-24-19(7-1)21-14-15-26-29(22-9-2-5-11-25(22)32-26)30(21)31(24)18-13-16-28-23(17-18)20-8-3-6-12-27(20)33-28/h1-17H. The van der Waals surface area contributed by atoms with Crippen LogP contribution < -0.4 is 0 Å². The average molecular weight is 440 g/mol. The Morgan fingerprint density at radius 2 is 1.30 bits per heavy atom. The molecule has 8 aromatic rings. The summed E-state index contributed by atoms with van der Waals surface area (Å²) in [5.41, 5.74) is 5.45. The second-order valence-electron chi connectivity index (χ2n) is 8.56. The highest BCUT2D eigenvalue weighted by molar-refractivity contribution is 7.25. The van der Waals surface area contributed by atoms with E-state index in [0.717, 1.165) is 16.6 Å². The summed E-state index contributed by atoms with van der Waals surface area (Å²) in [6.07, 6.45) is 0. The number of hydrogen-bond donors (Lipinski definition) is 0. The van der Waals surface area contributed by atoms with Gasteiger partial charge >= 0.3 is 0 Å². The normalized spacial score (nSPS) is 12.2. The Labute approximate surface area is 192 Å². The van der Waals surface area contributed by atoms with Crippen molar-refractivity contribution in [1.29, 1.82) is 0 Å². The van der Waals surface area contributed by atoms with Gasteiger partial charge in [-0.25, -0.2) is 0 Å². The maximum Gasteiger partial charge on any atom is 0.137 e. The maximum atomic E-state index is 6.25. The van der Waals surface area contributed by atoms with Gasteiger partial charge in [0, 0.05) is 42.0 Å². The Kier molecular flexibility index (Phi) is 3.31.